The Labute approximate surface area is 270 Å². The van der Waals surface area contributed by atoms with Gasteiger partial charge in [0, 0.05) is 24.4 Å². The van der Waals surface area contributed by atoms with Crippen molar-refractivity contribution in [2.24, 2.45) is 51.2 Å². The van der Waals surface area contributed by atoms with E-state index in [2.05, 4.69) is 46.3 Å². The molecule has 0 saturated heterocycles. The van der Waals surface area contributed by atoms with Gasteiger partial charge >= 0.3 is 17.9 Å². The molecule has 45 heavy (non-hydrogen) atoms. The van der Waals surface area contributed by atoms with Crippen molar-refractivity contribution in [2.75, 3.05) is 20.8 Å². The Balaban J connectivity index is 1.54. The van der Waals surface area contributed by atoms with Gasteiger partial charge in [0.25, 0.3) is 0 Å². The zero-order valence-electron chi connectivity index (χ0n) is 29.3. The molecule has 2 saturated carbocycles. The van der Waals surface area contributed by atoms with Crippen molar-refractivity contribution < 1.29 is 38.5 Å². The number of carbonyl (C=O) groups is 4. The van der Waals surface area contributed by atoms with E-state index in [1.807, 2.05) is 0 Å². The molecule has 4 aliphatic rings. The minimum atomic E-state index is -0.571. The highest BCUT2D eigenvalue weighted by atomic mass is 16.6. The summed E-state index contributed by atoms with van der Waals surface area (Å²) in [6, 6.07) is 0. The summed E-state index contributed by atoms with van der Waals surface area (Å²) in [6.45, 7) is 15.7. The van der Waals surface area contributed by atoms with Crippen LogP contribution in [0.2, 0.25) is 0 Å². The number of ether oxygens (including phenoxy) is 3. The van der Waals surface area contributed by atoms with Crippen LogP contribution in [-0.4, -0.2) is 55.7 Å². The number of Topliss-reactive ketones (excluding diaryl/α,β-unsaturated/α-hetero) is 1. The lowest BCUT2D eigenvalue weighted by molar-refractivity contribution is -0.172. The van der Waals surface area contributed by atoms with Crippen molar-refractivity contribution in [3.63, 3.8) is 0 Å². The van der Waals surface area contributed by atoms with Crippen LogP contribution in [0.5, 0.6) is 0 Å². The van der Waals surface area contributed by atoms with E-state index < -0.39 is 29.7 Å². The first-order chi connectivity index (χ1) is 21.0. The van der Waals surface area contributed by atoms with Crippen LogP contribution in [0.3, 0.4) is 0 Å². The van der Waals surface area contributed by atoms with E-state index in [9.17, 15) is 24.3 Å². The molecule has 1 N–H and O–H groups in total. The average Bonchev–Trinajstić information content (AvgIpc) is 3.27. The van der Waals surface area contributed by atoms with E-state index in [4.69, 9.17) is 9.47 Å². The summed E-state index contributed by atoms with van der Waals surface area (Å²) < 4.78 is 15.5. The Morgan fingerprint density at radius 3 is 2.18 bits per heavy atom. The molecule has 0 bridgehead atoms. The molecule has 0 aromatic carbocycles. The van der Waals surface area contributed by atoms with Crippen LogP contribution in [0, 0.1) is 51.2 Å². The normalized spacial score (nSPS) is 35.6. The lowest BCUT2D eigenvalue weighted by Gasteiger charge is -2.62. The summed E-state index contributed by atoms with van der Waals surface area (Å²) >= 11 is 0. The topological polar surface area (TPSA) is 116 Å². The number of allylic oxidation sites excluding steroid dienone is 2. The Morgan fingerprint density at radius 1 is 0.867 bits per heavy atom. The van der Waals surface area contributed by atoms with Crippen LogP contribution < -0.4 is 0 Å². The van der Waals surface area contributed by atoms with Crippen molar-refractivity contribution >= 4 is 23.7 Å². The van der Waals surface area contributed by atoms with Crippen molar-refractivity contribution in [1.29, 1.82) is 0 Å². The highest BCUT2D eigenvalue weighted by Gasteiger charge is 2.63. The number of hydrogen-bond acceptors (Lipinski definition) is 8. The minimum absolute atomic E-state index is 0.0356. The lowest BCUT2D eigenvalue weighted by Crippen LogP contribution is -2.56. The molecule has 0 spiro atoms. The highest BCUT2D eigenvalue weighted by Crippen LogP contribution is 2.72. The van der Waals surface area contributed by atoms with E-state index in [1.54, 1.807) is 18.1 Å². The van der Waals surface area contributed by atoms with E-state index in [0.717, 1.165) is 51.4 Å². The smallest absolute Gasteiger partial charge is 0.317 e. The molecule has 0 radical (unpaired) electrons. The van der Waals surface area contributed by atoms with Crippen LogP contribution >= 0.6 is 0 Å². The number of aliphatic hydroxyl groups is 1. The molecule has 254 valence electrons. The van der Waals surface area contributed by atoms with Crippen molar-refractivity contribution in [3.8, 4) is 0 Å². The quantitative estimate of drug-likeness (QED) is 0.117. The predicted molar refractivity (Wildman–Crippen MR) is 171 cm³/mol. The van der Waals surface area contributed by atoms with Gasteiger partial charge in [0.2, 0.25) is 0 Å². The van der Waals surface area contributed by atoms with Gasteiger partial charge in [-0.2, -0.15) is 0 Å². The number of esters is 3. The van der Waals surface area contributed by atoms with Gasteiger partial charge in [0.05, 0.1) is 20.1 Å². The average molecular weight is 631 g/mol. The summed E-state index contributed by atoms with van der Waals surface area (Å²) in [7, 11) is 2.63. The van der Waals surface area contributed by atoms with Crippen LogP contribution in [0.4, 0.5) is 0 Å². The minimum Gasteiger partial charge on any atom is -0.469 e. The van der Waals surface area contributed by atoms with Crippen molar-refractivity contribution in [1.82, 2.24) is 0 Å². The van der Waals surface area contributed by atoms with Crippen LogP contribution in [0.15, 0.2) is 11.1 Å². The summed E-state index contributed by atoms with van der Waals surface area (Å²) in [5, 5.41) is 9.65. The first-order valence-electron chi connectivity index (χ1n) is 17.2. The maximum absolute atomic E-state index is 13.6. The summed E-state index contributed by atoms with van der Waals surface area (Å²) in [4.78, 5) is 50.1. The standard InChI is InChI=1S/C37H58O8/c1-22(20-28(39)24(15-19-38)23(2)33(42)44-9)25-12-17-37(7)27-10-11-29-34(3,4)30(45-32(41)21-31(40)43-8)14-16-35(29,5)26(27)13-18-36(25,37)6/h22-25,29-30,38H,10-21H2,1-9H3/t22-,23?,24?,25-,29+,30-,35-,36-,37+/m1/s1. The summed E-state index contributed by atoms with van der Waals surface area (Å²) in [6.07, 6.45) is 8.28. The SMILES string of the molecule is COC(=O)CC(=O)O[C@@H]1CC[C@]2(C)C3=C(CC[C@H]2C1(C)C)[C@]1(C)CC[C@H]([C@H](C)CC(=O)C(CCO)C(C)C(=O)OC)[C@@]1(C)CC3. The molecule has 0 aromatic rings. The summed E-state index contributed by atoms with van der Waals surface area (Å²) in [5.74, 6) is -1.57. The number of aliphatic hydroxyl groups excluding tert-OH is 1. The second kappa shape index (κ2) is 13.1. The molecule has 9 atom stereocenters. The fourth-order valence-electron chi connectivity index (χ4n) is 11.0. The Hall–Kier alpha value is -2.22. The largest absolute Gasteiger partial charge is 0.469 e. The highest BCUT2D eigenvalue weighted by molar-refractivity contribution is 5.91. The van der Waals surface area contributed by atoms with Crippen LogP contribution in [-0.2, 0) is 33.4 Å². The predicted octanol–water partition coefficient (Wildman–Crippen LogP) is 6.61. The molecule has 8 nitrogen and oxygen atoms in total. The fourth-order valence-corrected chi connectivity index (χ4v) is 11.0. The maximum atomic E-state index is 13.6. The Morgan fingerprint density at radius 2 is 1.56 bits per heavy atom. The van der Waals surface area contributed by atoms with Gasteiger partial charge < -0.3 is 19.3 Å². The summed E-state index contributed by atoms with van der Waals surface area (Å²) in [5.41, 5.74) is 3.22. The van der Waals surface area contributed by atoms with Gasteiger partial charge in [-0.15, -0.1) is 0 Å². The molecule has 8 heteroatoms. The van der Waals surface area contributed by atoms with Crippen molar-refractivity contribution in [2.45, 2.75) is 125 Å². The number of fused-ring (bicyclic) bond motifs is 4. The zero-order chi connectivity index (χ0) is 33.5. The first-order valence-corrected chi connectivity index (χ1v) is 17.2. The Bertz CT molecular complexity index is 1200. The number of methoxy groups -OCH3 is 2. The molecule has 2 fully saturated rings. The molecule has 0 amide bonds. The third-order valence-electron chi connectivity index (χ3n) is 13.8. The van der Waals surface area contributed by atoms with Gasteiger partial charge in [0.1, 0.15) is 18.3 Å². The van der Waals surface area contributed by atoms with Gasteiger partial charge in [-0.25, -0.2) is 0 Å². The molecule has 4 rings (SSSR count). The van der Waals surface area contributed by atoms with Crippen LogP contribution in [0.1, 0.15) is 119 Å². The number of ketones is 1. The maximum Gasteiger partial charge on any atom is 0.317 e. The van der Waals surface area contributed by atoms with Crippen molar-refractivity contribution in [3.05, 3.63) is 11.1 Å². The van der Waals surface area contributed by atoms with E-state index >= 15 is 0 Å². The molecule has 4 aliphatic carbocycles. The van der Waals surface area contributed by atoms with Gasteiger partial charge in [0.15, 0.2) is 0 Å². The number of carbonyl (C=O) groups excluding carboxylic acids is 4. The monoisotopic (exact) mass is 630 g/mol. The second-order valence-electron chi connectivity index (χ2n) is 16.0. The lowest BCUT2D eigenvalue weighted by atomic mass is 9.43. The van der Waals surface area contributed by atoms with E-state index in [0.29, 0.717) is 18.3 Å². The zero-order valence-corrected chi connectivity index (χ0v) is 29.3. The Kier molecular flexibility index (Phi) is 10.4. The first kappa shape index (κ1) is 35.6. The molecular formula is C37H58O8. The van der Waals surface area contributed by atoms with Gasteiger partial charge in [-0.1, -0.05) is 59.6 Å². The third kappa shape index (κ3) is 6.02. The molecule has 0 aliphatic heterocycles. The second-order valence-corrected chi connectivity index (χ2v) is 16.0. The molecular weight excluding hydrogens is 572 g/mol. The molecule has 0 heterocycles. The third-order valence-corrected chi connectivity index (χ3v) is 13.8. The number of hydrogen-bond donors (Lipinski definition) is 1. The van der Waals surface area contributed by atoms with Gasteiger partial charge in [-0.05, 0) is 91.8 Å². The number of rotatable bonds is 11. The molecule has 2 unspecified atom stereocenters. The molecule has 0 aromatic heterocycles. The van der Waals surface area contributed by atoms with E-state index in [-0.39, 0.29) is 58.9 Å². The fraction of sp³-hybridized carbons (Fsp3) is 0.838. The van der Waals surface area contributed by atoms with E-state index in [1.165, 1.54) is 14.2 Å². The van der Waals surface area contributed by atoms with Crippen LogP contribution in [0.25, 0.3) is 0 Å². The van der Waals surface area contributed by atoms with Gasteiger partial charge in [-0.3, -0.25) is 19.2 Å².